The van der Waals surface area contributed by atoms with Gasteiger partial charge in [-0.3, -0.25) is 0 Å². The minimum atomic E-state index is -2.28. The molecule has 5 nitrogen and oxygen atoms in total. The first-order valence-corrected chi connectivity index (χ1v) is 25.0. The van der Waals surface area contributed by atoms with E-state index in [1.165, 1.54) is 28.5 Å². The van der Waals surface area contributed by atoms with Crippen molar-refractivity contribution >= 4 is 0 Å². The molecule has 0 aliphatic heterocycles. The molecule has 0 saturated heterocycles. The van der Waals surface area contributed by atoms with Crippen molar-refractivity contribution in [2.75, 3.05) is 0 Å². The maximum absolute atomic E-state index is 10.3. The van der Waals surface area contributed by atoms with Gasteiger partial charge in [-0.1, -0.05) is 153 Å². The van der Waals surface area contributed by atoms with E-state index in [0.29, 0.717) is 28.8 Å². The summed E-state index contributed by atoms with van der Waals surface area (Å²) < 4.78 is 23.8. The Bertz CT molecular complexity index is 3640. The van der Waals surface area contributed by atoms with Crippen LogP contribution in [0.5, 0.6) is 0 Å². The van der Waals surface area contributed by atoms with Crippen molar-refractivity contribution < 1.29 is 24.2 Å². The van der Waals surface area contributed by atoms with Gasteiger partial charge in [-0.15, -0.1) is 94.5 Å². The van der Waals surface area contributed by atoms with Gasteiger partial charge in [0, 0.05) is 22.7 Å². The van der Waals surface area contributed by atoms with E-state index < -0.39 is 6.85 Å². The number of nitriles is 2. The molecule has 0 atom stereocenters. The Labute approximate surface area is 459 Å². The van der Waals surface area contributed by atoms with Crippen LogP contribution in [0.1, 0.15) is 69.4 Å². The molecule has 3 aromatic heterocycles. The van der Waals surface area contributed by atoms with Crippen LogP contribution >= 0.6 is 0 Å². The van der Waals surface area contributed by atoms with Crippen LogP contribution < -0.4 is 0 Å². The number of benzene rings is 7. The Morgan fingerprint density at radius 1 is 0.467 bits per heavy atom. The molecule has 0 aliphatic rings. The zero-order valence-electron chi connectivity index (χ0n) is 45.1. The van der Waals surface area contributed by atoms with Gasteiger partial charge in [0.25, 0.3) is 0 Å². The fourth-order valence-electron chi connectivity index (χ4n) is 9.60. The zero-order chi connectivity index (χ0) is 53.5. The minimum absolute atomic E-state index is 0. The van der Waals surface area contributed by atoms with E-state index in [1.54, 1.807) is 24.5 Å². The fraction of sp³-hybridized carbons (Fsp3) is 0.145. The molecule has 0 aliphatic carbocycles. The molecule has 0 amide bonds. The molecule has 10 aromatic rings. The van der Waals surface area contributed by atoms with Crippen molar-refractivity contribution in [1.29, 1.82) is 10.5 Å². The minimum Gasteiger partial charge on any atom is -0.305 e. The van der Waals surface area contributed by atoms with Crippen LogP contribution in [0.15, 0.2) is 195 Å². The van der Waals surface area contributed by atoms with Gasteiger partial charge in [-0.2, -0.15) is 10.5 Å². The summed E-state index contributed by atoms with van der Waals surface area (Å²) >= 11 is 0. The average Bonchev–Trinajstić information content (AvgIpc) is 3.58. The number of aromatic nitrogens is 3. The van der Waals surface area contributed by atoms with Crippen LogP contribution in [-0.4, -0.2) is 15.0 Å². The summed E-state index contributed by atoms with van der Waals surface area (Å²) in [5.74, 6) is 0. The van der Waals surface area contributed by atoms with E-state index in [2.05, 4.69) is 163 Å². The second-order valence-corrected chi connectivity index (χ2v) is 19.9. The molecular weight excluding hydrogens is 1090 g/mol. The van der Waals surface area contributed by atoms with Crippen molar-refractivity contribution in [3.63, 3.8) is 0 Å². The Kier molecular flexibility index (Phi) is 14.7. The number of pyridine rings is 3. The van der Waals surface area contributed by atoms with Crippen molar-refractivity contribution in [1.82, 2.24) is 15.0 Å². The molecule has 364 valence electrons. The van der Waals surface area contributed by atoms with Crippen LogP contribution in [0.25, 0.3) is 78.3 Å². The number of rotatable bonds is 14. The Hall–Kier alpha value is -8.38. The first kappa shape index (κ1) is 47.6. The summed E-state index contributed by atoms with van der Waals surface area (Å²) in [7, 11) is 0. The maximum Gasteiger partial charge on any atom is 3.00 e. The molecule has 0 unspecified atom stereocenters. The molecule has 0 N–H and O–H groups in total. The van der Waals surface area contributed by atoms with Crippen molar-refractivity contribution in [2.45, 2.75) is 59.7 Å². The van der Waals surface area contributed by atoms with Gasteiger partial charge in [-0.05, 0) is 123 Å². The molecule has 10 rings (SSSR count). The maximum atomic E-state index is 10.3. The van der Waals surface area contributed by atoms with Gasteiger partial charge in [0.05, 0.1) is 23.3 Å². The number of hydrogen-bond donors (Lipinski definition) is 0. The molecule has 3 heterocycles. The third-order valence-corrected chi connectivity index (χ3v) is 13.3. The second-order valence-electron chi connectivity index (χ2n) is 19.9. The summed E-state index contributed by atoms with van der Waals surface area (Å²) in [6.07, 6.45) is 8.95. The standard InChI is InChI=1S/C69H54N5.Ir/c1-47-15-34-68(74-46-47)56-32-33-63(64(42-56)53-30-28-52(29-31-53)57-40-59(44-70)65(43-69(2,3)4)60(41-57)45-71)62-12-6-5-11-61(62)58-38-50(18-16-48-20-24-54(25-21-48)66-13-7-9-35-72-66)37-51(39-58)19-17-49-22-26-55(27-23-49)67-14-8-10-36-73-67;/h5-15,20-24,26,28-31,33-42,46H,16-19,43H2,1-4H3;/q-3;+3/i1D3;. The molecule has 0 bridgehead atoms. The molecule has 7 aromatic carbocycles. The van der Waals surface area contributed by atoms with E-state index in [0.717, 1.165) is 98.3 Å². The largest absolute Gasteiger partial charge is 3.00 e. The smallest absolute Gasteiger partial charge is 0.305 e. The van der Waals surface area contributed by atoms with Gasteiger partial charge >= 0.3 is 20.1 Å². The monoisotopic (exact) mass is 1150 g/mol. The molecular formula is C69H54IrN5. The van der Waals surface area contributed by atoms with Gasteiger partial charge in [0.2, 0.25) is 0 Å². The van der Waals surface area contributed by atoms with Crippen molar-refractivity contribution in [3.8, 4) is 90.4 Å². The molecule has 0 saturated carbocycles. The number of hydrogen-bond acceptors (Lipinski definition) is 5. The van der Waals surface area contributed by atoms with Crippen molar-refractivity contribution in [2.24, 2.45) is 5.41 Å². The quantitative estimate of drug-likeness (QED) is 0.101. The Morgan fingerprint density at radius 2 is 1.01 bits per heavy atom. The molecule has 75 heavy (non-hydrogen) atoms. The SMILES string of the molecule is [2H]C([2H])([2H])c1ccc(-c2[c-]cc(-c3ccccc3-c3cc(CCc4c[c-]c(-c5ccccn5)cc4)cc(CCc4c[c-]c(-c5ccccn5)cc4)c3)c(-c3ccc(-c4cc(C#N)c(CC(C)(C)C)c(C#N)c4)cc3)c2)nc1.[Ir+3]. The Balaban J connectivity index is 0.00000740. The van der Waals surface area contributed by atoms with Crippen LogP contribution in [0.4, 0.5) is 0 Å². The zero-order valence-corrected chi connectivity index (χ0v) is 44.5. The summed E-state index contributed by atoms with van der Waals surface area (Å²) in [6, 6.07) is 74.7. The van der Waals surface area contributed by atoms with E-state index in [-0.39, 0.29) is 31.1 Å². The van der Waals surface area contributed by atoms with Crippen LogP contribution in [0.2, 0.25) is 0 Å². The number of aryl methyl sites for hydroxylation is 5. The van der Waals surface area contributed by atoms with E-state index in [9.17, 15) is 10.5 Å². The van der Waals surface area contributed by atoms with Crippen LogP contribution in [-0.2, 0) is 52.2 Å². The van der Waals surface area contributed by atoms with E-state index in [1.807, 2.05) is 66.7 Å². The van der Waals surface area contributed by atoms with Gasteiger partial charge in [-0.25, -0.2) is 0 Å². The first-order valence-electron chi connectivity index (χ1n) is 26.5. The summed E-state index contributed by atoms with van der Waals surface area (Å²) in [5, 5.41) is 20.6. The average molecular weight is 1150 g/mol. The van der Waals surface area contributed by atoms with Gasteiger partial charge in [0.1, 0.15) is 0 Å². The molecule has 0 spiro atoms. The summed E-state index contributed by atoms with van der Waals surface area (Å²) in [5.41, 5.74) is 19.4. The third kappa shape index (κ3) is 12.4. The molecule has 0 radical (unpaired) electrons. The molecule has 0 fully saturated rings. The van der Waals surface area contributed by atoms with Crippen LogP contribution in [0.3, 0.4) is 0 Å². The fourth-order valence-corrected chi connectivity index (χ4v) is 9.60. The molecule has 6 heteroatoms. The van der Waals surface area contributed by atoms with Crippen molar-refractivity contribution in [3.05, 3.63) is 257 Å². The number of nitrogens with zero attached hydrogens (tertiary/aromatic N) is 5. The Morgan fingerprint density at radius 3 is 1.52 bits per heavy atom. The van der Waals surface area contributed by atoms with E-state index in [4.69, 9.17) is 4.11 Å². The topological polar surface area (TPSA) is 86.2 Å². The first-order chi connectivity index (χ1) is 37.3. The third-order valence-electron chi connectivity index (χ3n) is 13.3. The second kappa shape index (κ2) is 23.2. The van der Waals surface area contributed by atoms with Crippen LogP contribution in [0, 0.1) is 53.1 Å². The van der Waals surface area contributed by atoms with E-state index >= 15 is 0 Å². The van der Waals surface area contributed by atoms with Gasteiger partial charge < -0.3 is 15.0 Å². The summed E-state index contributed by atoms with van der Waals surface area (Å²) in [4.78, 5) is 13.6. The normalized spacial score (nSPS) is 11.8. The summed E-state index contributed by atoms with van der Waals surface area (Å²) in [6.45, 7) is 4.04. The van der Waals surface area contributed by atoms with Gasteiger partial charge in [0.15, 0.2) is 0 Å². The predicted molar refractivity (Wildman–Crippen MR) is 299 cm³/mol. The predicted octanol–water partition coefficient (Wildman–Crippen LogP) is 16.1.